The SMILES string of the molecule is CCOC(=O)[C@H](C)OP(=O)(CCNCc1ccc(C[C@H](NC(=O)OC2CO[C@H]3OCC[C@@H]23)[C@H](O)CN(CC(C)C)Oc2ccc(OC)cc2)cc1)Oc1ccccc1. The van der Waals surface area contributed by atoms with Crippen LogP contribution in [0.3, 0.4) is 0 Å². The van der Waals surface area contributed by atoms with E-state index < -0.39 is 44.0 Å². The molecular weight excluding hydrogens is 769 g/mol. The Morgan fingerprint density at radius 1 is 0.931 bits per heavy atom. The molecule has 0 radical (unpaired) electrons. The summed E-state index contributed by atoms with van der Waals surface area (Å²) in [6, 6.07) is 22.9. The third-order valence-corrected chi connectivity index (χ3v) is 11.5. The van der Waals surface area contributed by atoms with Gasteiger partial charge in [0.15, 0.2) is 12.4 Å². The minimum absolute atomic E-state index is 0.00246. The fraction of sp³-hybridized carbons (Fsp3) is 0.524. The number of nitrogens with zero attached hydrogens (tertiary/aromatic N) is 1. The summed E-state index contributed by atoms with van der Waals surface area (Å²) in [5, 5.41) is 19.6. The smallest absolute Gasteiger partial charge is 0.407 e. The molecule has 0 spiro atoms. The largest absolute Gasteiger partial charge is 0.497 e. The highest BCUT2D eigenvalue weighted by Crippen LogP contribution is 2.49. The molecule has 2 aliphatic rings. The number of hydrogen-bond acceptors (Lipinski definition) is 14. The molecule has 58 heavy (non-hydrogen) atoms. The Bertz CT molecular complexity index is 1750. The maximum absolute atomic E-state index is 13.8. The Morgan fingerprint density at radius 3 is 2.33 bits per heavy atom. The standard InChI is InChI=1S/C42H58N3O12P/c1-6-51-40(47)30(4)56-58(49,57-35-10-8-7-9-11-35)23-21-43-25-32-14-12-31(13-15-32)24-37(44-42(48)54-39-28-53-41-36(39)20-22-52-41)38(46)27-45(26-29(2)3)55-34-18-16-33(50-5)17-19-34/h7-19,29-30,36-39,41,43,46H,6,20-28H2,1-5H3,(H,44,48)/t30-,36-,37-,38+,39?,41+,58?/m0/s1. The van der Waals surface area contributed by atoms with Crippen LogP contribution in [0.25, 0.3) is 0 Å². The van der Waals surface area contributed by atoms with Crippen molar-refractivity contribution in [3.63, 3.8) is 0 Å². The van der Waals surface area contributed by atoms with Gasteiger partial charge >= 0.3 is 19.7 Å². The van der Waals surface area contributed by atoms with Gasteiger partial charge in [0.2, 0.25) is 0 Å². The maximum atomic E-state index is 13.8. The normalized spacial score (nSPS) is 20.1. The highest BCUT2D eigenvalue weighted by atomic mass is 31.2. The lowest BCUT2D eigenvalue weighted by atomic mass is 9.99. The van der Waals surface area contributed by atoms with Crippen molar-refractivity contribution in [1.82, 2.24) is 15.7 Å². The first kappa shape index (κ1) is 44.9. The average Bonchev–Trinajstić information content (AvgIpc) is 3.82. The van der Waals surface area contributed by atoms with Crippen LogP contribution in [-0.4, -0.2) is 106 Å². The predicted octanol–water partition coefficient (Wildman–Crippen LogP) is 5.74. The van der Waals surface area contributed by atoms with Gasteiger partial charge in [0.1, 0.15) is 23.4 Å². The summed E-state index contributed by atoms with van der Waals surface area (Å²) in [5.74, 6) is 1.22. The van der Waals surface area contributed by atoms with Gasteiger partial charge in [-0.1, -0.05) is 56.3 Å². The van der Waals surface area contributed by atoms with Crippen LogP contribution in [0.15, 0.2) is 78.9 Å². The molecule has 0 bridgehead atoms. The van der Waals surface area contributed by atoms with Crippen molar-refractivity contribution in [3.05, 3.63) is 90.0 Å². The van der Waals surface area contributed by atoms with E-state index in [-0.39, 0.29) is 50.6 Å². The van der Waals surface area contributed by atoms with Crippen LogP contribution in [-0.2, 0) is 45.8 Å². The second kappa shape index (κ2) is 22.2. The highest BCUT2D eigenvalue weighted by molar-refractivity contribution is 7.54. The molecule has 3 aromatic rings. The number of alkyl carbamates (subject to hydrolysis) is 1. The molecule has 3 aromatic carbocycles. The number of aliphatic hydroxyl groups is 1. The lowest BCUT2D eigenvalue weighted by molar-refractivity contribution is -0.150. The molecule has 1 amide bonds. The molecule has 7 atom stereocenters. The summed E-state index contributed by atoms with van der Waals surface area (Å²) in [5.41, 5.74) is 1.81. The predicted molar refractivity (Wildman–Crippen MR) is 216 cm³/mol. The van der Waals surface area contributed by atoms with Crippen molar-refractivity contribution in [2.45, 2.75) is 77.7 Å². The molecule has 0 aliphatic carbocycles. The third-order valence-electron chi connectivity index (χ3n) is 9.56. The van der Waals surface area contributed by atoms with Crippen LogP contribution < -0.4 is 24.7 Å². The Hall–Kier alpha value is -4.21. The summed E-state index contributed by atoms with van der Waals surface area (Å²) in [7, 11) is -2.16. The van der Waals surface area contributed by atoms with E-state index in [0.717, 1.165) is 17.5 Å². The van der Waals surface area contributed by atoms with Crippen molar-refractivity contribution in [2.24, 2.45) is 11.8 Å². The fourth-order valence-electron chi connectivity index (χ4n) is 6.63. The summed E-state index contributed by atoms with van der Waals surface area (Å²) in [6.45, 7) is 9.60. The van der Waals surface area contributed by atoms with Gasteiger partial charge in [-0.25, -0.2) is 14.2 Å². The van der Waals surface area contributed by atoms with Crippen LogP contribution in [0.5, 0.6) is 17.2 Å². The van der Waals surface area contributed by atoms with Gasteiger partial charge in [0.05, 0.1) is 57.7 Å². The number of carbonyl (C=O) groups is 2. The minimum Gasteiger partial charge on any atom is -0.497 e. The summed E-state index contributed by atoms with van der Waals surface area (Å²) in [4.78, 5) is 31.8. The zero-order valence-electron chi connectivity index (χ0n) is 34.0. The zero-order chi connectivity index (χ0) is 41.5. The Kier molecular flexibility index (Phi) is 17.2. The van der Waals surface area contributed by atoms with Gasteiger partial charge in [-0.15, -0.1) is 5.06 Å². The maximum Gasteiger partial charge on any atom is 0.407 e. The first-order valence-electron chi connectivity index (χ1n) is 19.9. The van der Waals surface area contributed by atoms with E-state index in [2.05, 4.69) is 24.5 Å². The average molecular weight is 828 g/mol. The summed E-state index contributed by atoms with van der Waals surface area (Å²) >= 11 is 0. The number of fused-ring (bicyclic) bond motifs is 1. The molecule has 3 N–H and O–H groups in total. The molecule has 16 heteroatoms. The topological polar surface area (TPSA) is 173 Å². The van der Waals surface area contributed by atoms with E-state index in [0.29, 0.717) is 43.4 Å². The fourth-order valence-corrected chi connectivity index (χ4v) is 8.32. The van der Waals surface area contributed by atoms with Crippen LogP contribution in [0.1, 0.15) is 45.2 Å². The number of ether oxygens (including phenoxy) is 5. The molecule has 5 rings (SSSR count). The van der Waals surface area contributed by atoms with Gasteiger partial charge < -0.3 is 48.8 Å². The molecule has 318 valence electrons. The van der Waals surface area contributed by atoms with Gasteiger partial charge in [0, 0.05) is 19.6 Å². The van der Waals surface area contributed by atoms with Crippen molar-refractivity contribution in [3.8, 4) is 17.2 Å². The third kappa shape index (κ3) is 14.0. The Labute approximate surface area is 341 Å². The van der Waals surface area contributed by atoms with Crippen molar-refractivity contribution in [1.29, 1.82) is 0 Å². The van der Waals surface area contributed by atoms with Gasteiger partial charge in [-0.2, -0.15) is 0 Å². The summed E-state index contributed by atoms with van der Waals surface area (Å²) in [6.07, 6.45) is -2.54. The number of esters is 1. The number of hydroxylamine groups is 2. The van der Waals surface area contributed by atoms with E-state index in [1.165, 1.54) is 6.92 Å². The Morgan fingerprint density at radius 2 is 1.64 bits per heavy atom. The second-order valence-electron chi connectivity index (χ2n) is 14.7. The number of hydrogen-bond donors (Lipinski definition) is 3. The second-order valence-corrected chi connectivity index (χ2v) is 16.8. The van der Waals surface area contributed by atoms with Crippen LogP contribution in [0.2, 0.25) is 0 Å². The van der Waals surface area contributed by atoms with E-state index in [1.807, 2.05) is 30.3 Å². The van der Waals surface area contributed by atoms with Gasteiger partial charge in [0.25, 0.3) is 0 Å². The van der Waals surface area contributed by atoms with Crippen molar-refractivity contribution in [2.75, 3.05) is 52.7 Å². The van der Waals surface area contributed by atoms with E-state index in [4.69, 9.17) is 37.6 Å². The first-order valence-corrected chi connectivity index (χ1v) is 21.6. The molecule has 0 saturated carbocycles. The van der Waals surface area contributed by atoms with E-state index in [1.54, 1.807) is 67.6 Å². The first-order chi connectivity index (χ1) is 27.9. The molecule has 2 unspecified atom stereocenters. The molecule has 0 aromatic heterocycles. The number of aliphatic hydroxyl groups excluding tert-OH is 1. The molecule has 2 saturated heterocycles. The number of methoxy groups -OCH3 is 1. The van der Waals surface area contributed by atoms with Gasteiger partial charge in [-0.3, -0.25) is 4.52 Å². The monoisotopic (exact) mass is 827 g/mol. The van der Waals surface area contributed by atoms with Crippen LogP contribution in [0.4, 0.5) is 4.79 Å². The molecule has 2 fully saturated rings. The van der Waals surface area contributed by atoms with Crippen LogP contribution >= 0.6 is 7.60 Å². The minimum atomic E-state index is -3.76. The van der Waals surface area contributed by atoms with E-state index in [9.17, 15) is 19.3 Å². The number of rotatable bonds is 23. The van der Waals surface area contributed by atoms with Crippen LogP contribution in [0, 0.1) is 11.8 Å². The molecule has 2 heterocycles. The molecule has 15 nitrogen and oxygen atoms in total. The quantitative estimate of drug-likeness (QED) is 0.0458. The summed E-state index contributed by atoms with van der Waals surface area (Å²) < 4.78 is 52.6. The van der Waals surface area contributed by atoms with Crippen molar-refractivity contribution < 1.29 is 56.8 Å². The van der Waals surface area contributed by atoms with E-state index >= 15 is 0 Å². The Balaban J connectivity index is 1.21. The molecular formula is C42H58N3O12P. The number of carbonyl (C=O) groups excluding carboxylic acids is 2. The number of nitrogens with one attached hydrogen (secondary N) is 2. The lowest BCUT2D eigenvalue weighted by Crippen LogP contribution is -2.51. The van der Waals surface area contributed by atoms with Gasteiger partial charge in [-0.05, 0) is 80.1 Å². The zero-order valence-corrected chi connectivity index (χ0v) is 34.8. The highest BCUT2D eigenvalue weighted by Gasteiger charge is 2.44. The lowest BCUT2D eigenvalue weighted by Gasteiger charge is -2.31. The number of para-hydroxylation sites is 1. The number of benzene rings is 3. The molecule has 2 aliphatic heterocycles. The number of amides is 1. The van der Waals surface area contributed by atoms with Crippen molar-refractivity contribution >= 4 is 19.7 Å².